The van der Waals surface area contributed by atoms with Crippen molar-refractivity contribution in [1.82, 2.24) is 0 Å². The van der Waals surface area contributed by atoms with Crippen LogP contribution in [0.4, 0.5) is 0 Å². The van der Waals surface area contributed by atoms with Gasteiger partial charge in [-0.3, -0.25) is 0 Å². The second kappa shape index (κ2) is 11.3. The number of unbranched alkanes of at least 4 members (excludes halogenated alkanes) is 4. The minimum absolute atomic E-state index is 0. The van der Waals surface area contributed by atoms with Crippen LogP contribution in [0.5, 0.6) is 0 Å². The van der Waals surface area contributed by atoms with Gasteiger partial charge in [0.25, 0.3) is 0 Å². The fourth-order valence-corrected chi connectivity index (χ4v) is 1.49. The maximum Gasteiger partial charge on any atom is 1.00 e. The second-order valence-corrected chi connectivity index (χ2v) is 4.49. The molecule has 4 heteroatoms. The Bertz CT molecular complexity index is 131. The quantitative estimate of drug-likeness (QED) is 0.259. The van der Waals surface area contributed by atoms with E-state index in [1.165, 1.54) is 19.3 Å². The number of carboxylic acid groups (broad SMARTS) is 1. The van der Waals surface area contributed by atoms with Gasteiger partial charge in [0.15, 0.2) is 0 Å². The third kappa shape index (κ3) is 11.1. The third-order valence-electron chi connectivity index (χ3n) is 1.82. The van der Waals surface area contributed by atoms with Crippen molar-refractivity contribution in [1.29, 1.82) is 0 Å². The van der Waals surface area contributed by atoms with E-state index in [0.717, 1.165) is 19.3 Å². The van der Waals surface area contributed by atoms with E-state index in [-0.39, 0.29) is 33.5 Å². The van der Waals surface area contributed by atoms with Crippen LogP contribution >= 0.6 is 22.6 Å². The summed E-state index contributed by atoms with van der Waals surface area (Å²) in [5.74, 6) is -0.925. The number of rotatable bonds is 7. The van der Waals surface area contributed by atoms with Gasteiger partial charge in [-0.1, -0.05) is 61.6 Å². The summed E-state index contributed by atoms with van der Waals surface area (Å²) in [6, 6.07) is 0. The Kier molecular flexibility index (Phi) is 14.4. The first-order valence-electron chi connectivity index (χ1n) is 4.53. The molecule has 0 saturated carbocycles. The van der Waals surface area contributed by atoms with Crippen LogP contribution in [0.2, 0.25) is 0 Å². The van der Waals surface area contributed by atoms with Crippen LogP contribution in [0.15, 0.2) is 0 Å². The average Bonchev–Trinajstić information content (AvgIpc) is 2.03. The first-order valence-corrected chi connectivity index (χ1v) is 5.78. The van der Waals surface area contributed by atoms with Gasteiger partial charge in [-0.25, -0.2) is 0 Å². The normalized spacial score (nSPS) is 11.8. The maximum atomic E-state index is 10.3. The molecule has 0 N–H and O–H groups in total. The number of carboxylic acids is 1. The summed E-state index contributed by atoms with van der Waals surface area (Å²) in [5.41, 5.74) is 0. The third-order valence-corrected chi connectivity index (χ3v) is 2.95. The molecule has 0 radical (unpaired) electrons. The molecule has 0 aromatic carbocycles. The van der Waals surface area contributed by atoms with E-state index in [0.29, 0.717) is 0 Å². The first kappa shape index (κ1) is 16.6. The molecule has 0 fully saturated rings. The molecule has 0 spiro atoms. The molecule has 0 bridgehead atoms. The van der Waals surface area contributed by atoms with Crippen molar-refractivity contribution in [3.8, 4) is 0 Å². The molecule has 0 aliphatic rings. The van der Waals surface area contributed by atoms with Crippen LogP contribution in [0.1, 0.15) is 45.4 Å². The van der Waals surface area contributed by atoms with E-state index in [4.69, 9.17) is 0 Å². The molecule has 0 aromatic heterocycles. The Balaban J connectivity index is 0. The van der Waals surface area contributed by atoms with E-state index in [1.54, 1.807) is 0 Å². The molecule has 1 atom stereocenters. The Hall–Kier alpha value is 1.20. The summed E-state index contributed by atoms with van der Waals surface area (Å²) in [6.45, 7) is 2.17. The van der Waals surface area contributed by atoms with Gasteiger partial charge in [-0.2, -0.15) is 0 Å². The monoisotopic (exact) mass is 306 g/mol. The minimum atomic E-state index is -0.925. The van der Waals surface area contributed by atoms with Crippen LogP contribution in [-0.4, -0.2) is 9.89 Å². The first-order chi connectivity index (χ1) is 5.68. The van der Waals surface area contributed by atoms with Crippen molar-refractivity contribution >= 4 is 28.6 Å². The zero-order chi connectivity index (χ0) is 9.40. The summed E-state index contributed by atoms with van der Waals surface area (Å²) in [4.78, 5) is 10.3. The number of aliphatic carboxylic acids is 1. The van der Waals surface area contributed by atoms with Gasteiger partial charge in [-0.05, 0) is 6.42 Å². The second-order valence-electron chi connectivity index (χ2n) is 2.99. The average molecular weight is 306 g/mol. The largest absolute Gasteiger partial charge is 1.00 e. The SMILES string of the molecule is CCCCCCCC(I)C(=O)[O-].[Na+]. The van der Waals surface area contributed by atoms with E-state index in [9.17, 15) is 9.90 Å². The predicted molar refractivity (Wildman–Crippen MR) is 56.2 cm³/mol. The number of alkyl halides is 1. The van der Waals surface area contributed by atoms with E-state index in [1.807, 2.05) is 22.6 Å². The minimum Gasteiger partial charge on any atom is -0.549 e. The molecule has 1 unspecified atom stereocenters. The Morgan fingerprint density at radius 2 is 1.85 bits per heavy atom. The number of halogens is 1. The summed E-state index contributed by atoms with van der Waals surface area (Å²) in [7, 11) is 0. The van der Waals surface area contributed by atoms with E-state index >= 15 is 0 Å². The van der Waals surface area contributed by atoms with Gasteiger partial charge in [0.1, 0.15) is 0 Å². The van der Waals surface area contributed by atoms with Crippen molar-refractivity contribution < 1.29 is 39.5 Å². The molecule has 72 valence electrons. The summed E-state index contributed by atoms with van der Waals surface area (Å²) >= 11 is 1.93. The van der Waals surface area contributed by atoms with Gasteiger partial charge in [-0.15, -0.1) is 0 Å². The molecule has 0 rings (SSSR count). The predicted octanol–water partition coefficient (Wildman–Crippen LogP) is -1.10. The maximum absolute atomic E-state index is 10.3. The van der Waals surface area contributed by atoms with Crippen LogP contribution in [0.3, 0.4) is 0 Å². The Labute approximate surface area is 116 Å². The molecule has 0 heterocycles. The number of hydrogen-bond acceptors (Lipinski definition) is 2. The molecular weight excluding hydrogens is 290 g/mol. The van der Waals surface area contributed by atoms with Crippen LogP contribution < -0.4 is 34.7 Å². The number of carbonyl (C=O) groups excluding carboxylic acids is 1. The van der Waals surface area contributed by atoms with Crippen molar-refractivity contribution in [3.63, 3.8) is 0 Å². The molecule has 2 nitrogen and oxygen atoms in total. The zero-order valence-electron chi connectivity index (χ0n) is 8.51. The van der Waals surface area contributed by atoms with Gasteiger partial charge in [0, 0.05) is 0 Å². The smallest absolute Gasteiger partial charge is 0.549 e. The fraction of sp³-hybridized carbons (Fsp3) is 0.889. The van der Waals surface area contributed by atoms with Gasteiger partial charge < -0.3 is 9.90 Å². The molecule has 0 aliphatic heterocycles. The molecule has 0 amide bonds. The standard InChI is InChI=1S/C9H17IO2.Na/c1-2-3-4-5-6-7-8(10)9(11)12;/h8H,2-7H2,1H3,(H,11,12);/q;+1/p-1. The van der Waals surface area contributed by atoms with Crippen LogP contribution in [-0.2, 0) is 4.79 Å². The van der Waals surface area contributed by atoms with Gasteiger partial charge in [0.2, 0.25) is 0 Å². The molecule has 0 aromatic rings. The summed E-state index contributed by atoms with van der Waals surface area (Å²) in [5, 5.41) is 10.3. The van der Waals surface area contributed by atoms with Crippen molar-refractivity contribution in [2.75, 3.05) is 0 Å². The zero-order valence-corrected chi connectivity index (χ0v) is 12.7. The summed E-state index contributed by atoms with van der Waals surface area (Å²) < 4.78 is -0.302. The molecule has 0 saturated heterocycles. The molecule has 13 heavy (non-hydrogen) atoms. The van der Waals surface area contributed by atoms with Crippen molar-refractivity contribution in [2.45, 2.75) is 49.4 Å². The van der Waals surface area contributed by atoms with Crippen LogP contribution in [0, 0.1) is 0 Å². The molecule has 0 aliphatic carbocycles. The Morgan fingerprint density at radius 1 is 1.31 bits per heavy atom. The van der Waals surface area contributed by atoms with E-state index < -0.39 is 5.97 Å². The Morgan fingerprint density at radius 3 is 2.31 bits per heavy atom. The van der Waals surface area contributed by atoms with E-state index in [2.05, 4.69) is 6.92 Å². The van der Waals surface area contributed by atoms with Gasteiger partial charge >= 0.3 is 29.6 Å². The topological polar surface area (TPSA) is 40.1 Å². The number of hydrogen-bond donors (Lipinski definition) is 0. The van der Waals surface area contributed by atoms with Crippen molar-refractivity contribution in [2.24, 2.45) is 0 Å². The molecular formula is C9H16INaO2. The number of carbonyl (C=O) groups is 1. The summed E-state index contributed by atoms with van der Waals surface area (Å²) in [6.07, 6.45) is 6.65. The fourth-order valence-electron chi connectivity index (χ4n) is 1.04. The van der Waals surface area contributed by atoms with Crippen LogP contribution in [0.25, 0.3) is 0 Å². The van der Waals surface area contributed by atoms with Crippen molar-refractivity contribution in [3.05, 3.63) is 0 Å². The van der Waals surface area contributed by atoms with Gasteiger partial charge in [0.05, 0.1) is 9.89 Å².